The first kappa shape index (κ1) is 18.8. The van der Waals surface area contributed by atoms with Gasteiger partial charge in [-0.1, -0.05) is 0 Å². The number of hydrogen-bond donors (Lipinski definition) is 3. The third-order valence-electron chi connectivity index (χ3n) is 4.40. The van der Waals surface area contributed by atoms with Gasteiger partial charge >= 0.3 is 0 Å². The zero-order chi connectivity index (χ0) is 15.3. The van der Waals surface area contributed by atoms with Gasteiger partial charge in [-0.15, -0.1) is 0 Å². The molecule has 116 valence electrons. The Hall–Kier alpha value is -0.160. The maximum absolute atomic E-state index is 8.95. The second-order valence-corrected chi connectivity index (χ2v) is 7.58. The highest BCUT2D eigenvalue weighted by Crippen LogP contribution is 2.26. The molecule has 0 spiro atoms. The van der Waals surface area contributed by atoms with Gasteiger partial charge in [0, 0.05) is 16.6 Å². The van der Waals surface area contributed by atoms with Gasteiger partial charge in [-0.3, -0.25) is 5.32 Å². The number of nitrogens with zero attached hydrogens (tertiary/aromatic N) is 1. The van der Waals surface area contributed by atoms with E-state index in [9.17, 15) is 0 Å². The molecule has 0 fully saturated rings. The molecule has 0 aliphatic rings. The normalized spacial score (nSPS) is 16.7. The van der Waals surface area contributed by atoms with E-state index in [-0.39, 0.29) is 23.3 Å². The number of aliphatic hydroxyl groups excluding tert-OH is 1. The van der Waals surface area contributed by atoms with E-state index in [4.69, 9.17) is 10.8 Å². The van der Waals surface area contributed by atoms with Gasteiger partial charge in [0.05, 0.1) is 6.73 Å². The van der Waals surface area contributed by atoms with Gasteiger partial charge in [-0.2, -0.15) is 0 Å². The lowest BCUT2D eigenvalue weighted by molar-refractivity contribution is 0.158. The predicted octanol–water partition coefficient (Wildman–Crippen LogP) is 1.92. The SMILES string of the molecule is CN(C)C(C)(C)CCC(C)(N)CCC(C)(C)NCO. The average molecular weight is 273 g/mol. The largest absolute Gasteiger partial charge is 0.381 e. The van der Waals surface area contributed by atoms with Gasteiger partial charge in [0.15, 0.2) is 0 Å². The van der Waals surface area contributed by atoms with Crippen molar-refractivity contribution in [2.75, 3.05) is 20.8 Å². The quantitative estimate of drug-likeness (QED) is 0.562. The zero-order valence-electron chi connectivity index (χ0n) is 14.0. The van der Waals surface area contributed by atoms with E-state index in [0.717, 1.165) is 25.7 Å². The first-order chi connectivity index (χ1) is 8.42. The van der Waals surface area contributed by atoms with Crippen molar-refractivity contribution in [2.24, 2.45) is 5.73 Å². The van der Waals surface area contributed by atoms with E-state index in [1.165, 1.54) is 0 Å². The topological polar surface area (TPSA) is 61.5 Å². The Labute approximate surface area is 119 Å². The summed E-state index contributed by atoms with van der Waals surface area (Å²) in [7, 11) is 4.23. The van der Waals surface area contributed by atoms with Crippen LogP contribution in [-0.2, 0) is 0 Å². The summed E-state index contributed by atoms with van der Waals surface area (Å²) in [6.45, 7) is 10.8. The van der Waals surface area contributed by atoms with Crippen LogP contribution in [0.4, 0.5) is 0 Å². The van der Waals surface area contributed by atoms with Crippen molar-refractivity contribution in [1.29, 1.82) is 0 Å². The first-order valence-electron chi connectivity index (χ1n) is 7.24. The summed E-state index contributed by atoms with van der Waals surface area (Å²) in [4.78, 5) is 2.25. The van der Waals surface area contributed by atoms with Gasteiger partial charge in [0.2, 0.25) is 0 Å². The molecule has 4 nitrogen and oxygen atoms in total. The zero-order valence-corrected chi connectivity index (χ0v) is 14.0. The maximum atomic E-state index is 8.95. The van der Waals surface area contributed by atoms with Crippen molar-refractivity contribution >= 4 is 0 Å². The first-order valence-corrected chi connectivity index (χ1v) is 7.24. The van der Waals surface area contributed by atoms with E-state index < -0.39 is 0 Å². The van der Waals surface area contributed by atoms with Crippen LogP contribution in [0.5, 0.6) is 0 Å². The third kappa shape index (κ3) is 7.88. The molecular formula is C15H35N3O. The summed E-state index contributed by atoms with van der Waals surface area (Å²) < 4.78 is 0. The van der Waals surface area contributed by atoms with Crippen molar-refractivity contribution < 1.29 is 5.11 Å². The lowest BCUT2D eigenvalue weighted by Gasteiger charge is -2.37. The number of nitrogens with two attached hydrogens (primary N) is 1. The molecule has 0 rings (SSSR count). The second-order valence-electron chi connectivity index (χ2n) is 7.58. The van der Waals surface area contributed by atoms with Crippen LogP contribution in [0.15, 0.2) is 0 Å². The summed E-state index contributed by atoms with van der Waals surface area (Å²) in [6.07, 6.45) is 4.01. The highest BCUT2D eigenvalue weighted by molar-refractivity contribution is 4.88. The summed E-state index contributed by atoms with van der Waals surface area (Å²) in [5.41, 5.74) is 6.38. The summed E-state index contributed by atoms with van der Waals surface area (Å²) in [5.74, 6) is 0. The van der Waals surface area contributed by atoms with Crippen LogP contribution in [-0.4, -0.2) is 47.4 Å². The molecule has 0 heterocycles. The minimum absolute atomic E-state index is 0.0158. The molecule has 0 bridgehead atoms. The van der Waals surface area contributed by atoms with Crippen LogP contribution in [0.1, 0.15) is 60.3 Å². The smallest absolute Gasteiger partial charge is 0.0935 e. The van der Waals surface area contributed by atoms with Crippen molar-refractivity contribution in [2.45, 2.75) is 76.9 Å². The fourth-order valence-electron chi connectivity index (χ4n) is 1.84. The van der Waals surface area contributed by atoms with Crippen molar-refractivity contribution in [3.8, 4) is 0 Å². The molecule has 0 aliphatic carbocycles. The average Bonchev–Trinajstić information content (AvgIpc) is 2.24. The molecule has 0 radical (unpaired) electrons. The van der Waals surface area contributed by atoms with Gasteiger partial charge in [0.25, 0.3) is 0 Å². The minimum atomic E-state index is -0.151. The van der Waals surface area contributed by atoms with E-state index in [1.54, 1.807) is 0 Å². The summed E-state index contributed by atoms with van der Waals surface area (Å²) in [5, 5.41) is 12.0. The molecule has 4 heteroatoms. The number of nitrogens with one attached hydrogen (secondary N) is 1. The molecule has 0 saturated heterocycles. The van der Waals surface area contributed by atoms with Crippen LogP contribution in [0.2, 0.25) is 0 Å². The minimum Gasteiger partial charge on any atom is -0.381 e. The Kier molecular flexibility index (Phi) is 6.96. The van der Waals surface area contributed by atoms with E-state index in [0.29, 0.717) is 0 Å². The molecular weight excluding hydrogens is 238 g/mol. The van der Waals surface area contributed by atoms with E-state index in [2.05, 4.69) is 58.9 Å². The van der Waals surface area contributed by atoms with E-state index in [1.807, 2.05) is 0 Å². The van der Waals surface area contributed by atoms with Crippen LogP contribution < -0.4 is 11.1 Å². The molecule has 1 unspecified atom stereocenters. The molecule has 1 atom stereocenters. The molecule has 0 saturated carbocycles. The Balaban J connectivity index is 4.26. The van der Waals surface area contributed by atoms with Crippen LogP contribution in [0.25, 0.3) is 0 Å². The molecule has 4 N–H and O–H groups in total. The summed E-state index contributed by atoms with van der Waals surface area (Å²) in [6, 6.07) is 0. The second kappa shape index (κ2) is 7.02. The molecule has 0 amide bonds. The molecule has 0 aromatic carbocycles. The van der Waals surface area contributed by atoms with Gasteiger partial charge in [-0.25, -0.2) is 0 Å². The maximum Gasteiger partial charge on any atom is 0.0935 e. The Morgan fingerprint density at radius 3 is 1.84 bits per heavy atom. The molecule has 0 aliphatic heterocycles. The highest BCUT2D eigenvalue weighted by Gasteiger charge is 2.28. The monoisotopic (exact) mass is 273 g/mol. The number of aliphatic hydroxyl groups is 1. The molecule has 19 heavy (non-hydrogen) atoms. The highest BCUT2D eigenvalue weighted by atomic mass is 16.3. The van der Waals surface area contributed by atoms with Crippen LogP contribution >= 0.6 is 0 Å². The van der Waals surface area contributed by atoms with Crippen molar-refractivity contribution in [3.05, 3.63) is 0 Å². The number of rotatable bonds is 9. The van der Waals surface area contributed by atoms with Gasteiger partial charge in [0.1, 0.15) is 0 Å². The van der Waals surface area contributed by atoms with E-state index >= 15 is 0 Å². The Morgan fingerprint density at radius 1 is 0.947 bits per heavy atom. The van der Waals surface area contributed by atoms with Crippen molar-refractivity contribution in [3.63, 3.8) is 0 Å². The van der Waals surface area contributed by atoms with Crippen LogP contribution in [0.3, 0.4) is 0 Å². The standard InChI is InChI=1S/C15H35N3O/c1-13(2,17-12-19)8-10-15(5,16)11-9-14(3,4)18(6)7/h17,19H,8-12,16H2,1-7H3. The molecule has 0 aromatic rings. The predicted molar refractivity (Wildman–Crippen MR) is 83.1 cm³/mol. The van der Waals surface area contributed by atoms with Gasteiger partial charge in [-0.05, 0) is 74.4 Å². The number of hydrogen-bond acceptors (Lipinski definition) is 4. The van der Waals surface area contributed by atoms with Crippen molar-refractivity contribution in [1.82, 2.24) is 10.2 Å². The van der Waals surface area contributed by atoms with Crippen LogP contribution in [0, 0.1) is 0 Å². The fourth-order valence-corrected chi connectivity index (χ4v) is 1.84. The Bertz CT molecular complexity index is 260. The van der Waals surface area contributed by atoms with Gasteiger partial charge < -0.3 is 15.7 Å². The summed E-state index contributed by atoms with van der Waals surface area (Å²) >= 11 is 0. The fraction of sp³-hybridized carbons (Fsp3) is 1.00. The third-order valence-corrected chi connectivity index (χ3v) is 4.40. The lowest BCUT2D eigenvalue weighted by atomic mass is 9.82. The molecule has 0 aromatic heterocycles. The Morgan fingerprint density at radius 2 is 1.42 bits per heavy atom. The lowest BCUT2D eigenvalue weighted by Crippen LogP contribution is -2.46.